The topological polar surface area (TPSA) is 103 Å². The van der Waals surface area contributed by atoms with Crippen LogP contribution in [-0.2, 0) is 17.8 Å². The van der Waals surface area contributed by atoms with Crippen LogP contribution in [0.2, 0.25) is 0 Å². The minimum atomic E-state index is -0.467. The highest BCUT2D eigenvalue weighted by Crippen LogP contribution is 2.28. The molecule has 9 heteroatoms. The van der Waals surface area contributed by atoms with Gasteiger partial charge in [-0.2, -0.15) is 0 Å². The van der Waals surface area contributed by atoms with Crippen LogP contribution in [0.15, 0.2) is 29.4 Å². The third kappa shape index (κ3) is 6.03. The van der Waals surface area contributed by atoms with E-state index in [9.17, 15) is 14.9 Å². The van der Waals surface area contributed by atoms with Crippen molar-refractivity contribution in [1.82, 2.24) is 14.8 Å². The summed E-state index contributed by atoms with van der Waals surface area (Å²) in [6, 6.07) is 5.79. The number of carbonyl (C=O) groups is 1. The maximum absolute atomic E-state index is 12.2. The third-order valence-corrected chi connectivity index (χ3v) is 6.27. The van der Waals surface area contributed by atoms with E-state index in [1.165, 1.54) is 68.1 Å². The second kappa shape index (κ2) is 10.4. The fourth-order valence-corrected chi connectivity index (χ4v) is 4.55. The number of nitrogens with zero attached hydrogens (tertiary/aromatic N) is 4. The highest BCUT2D eigenvalue weighted by Gasteiger charge is 2.17. The number of anilines is 1. The molecular weight excluding hydrogens is 390 g/mol. The highest BCUT2D eigenvalue weighted by molar-refractivity contribution is 7.99. The molecule has 0 bridgehead atoms. The molecule has 1 aliphatic rings. The summed E-state index contributed by atoms with van der Waals surface area (Å²) >= 11 is 1.36. The van der Waals surface area contributed by atoms with Crippen molar-refractivity contribution in [3.8, 4) is 0 Å². The lowest BCUT2D eigenvalue weighted by atomic mass is 9.86. The van der Waals surface area contributed by atoms with Crippen LogP contribution in [0.5, 0.6) is 0 Å². The van der Waals surface area contributed by atoms with Gasteiger partial charge in [-0.05, 0) is 31.4 Å². The number of aromatic nitrogens is 3. The van der Waals surface area contributed by atoms with Crippen molar-refractivity contribution in [2.24, 2.45) is 5.92 Å². The number of nitro groups is 1. The van der Waals surface area contributed by atoms with Gasteiger partial charge in [-0.15, -0.1) is 10.2 Å². The molecule has 0 atom stereocenters. The summed E-state index contributed by atoms with van der Waals surface area (Å²) in [5.74, 6) is 1.82. The Morgan fingerprint density at radius 1 is 1.24 bits per heavy atom. The molecule has 3 rings (SSSR count). The van der Waals surface area contributed by atoms with Gasteiger partial charge in [-0.3, -0.25) is 14.9 Å². The van der Waals surface area contributed by atoms with Crippen LogP contribution < -0.4 is 5.32 Å². The zero-order valence-corrected chi connectivity index (χ0v) is 17.5. The van der Waals surface area contributed by atoms with E-state index in [1.54, 1.807) is 0 Å². The Kier molecular flexibility index (Phi) is 7.62. The minimum absolute atomic E-state index is 0.00539. The lowest BCUT2D eigenvalue weighted by Crippen LogP contribution is -2.15. The predicted molar refractivity (Wildman–Crippen MR) is 113 cm³/mol. The molecule has 1 saturated carbocycles. The Balaban J connectivity index is 1.51. The van der Waals surface area contributed by atoms with Gasteiger partial charge < -0.3 is 9.88 Å². The van der Waals surface area contributed by atoms with Crippen molar-refractivity contribution >= 4 is 29.0 Å². The number of nitrogens with one attached hydrogen (secondary N) is 1. The first-order chi connectivity index (χ1) is 14.1. The Hall–Kier alpha value is -2.42. The van der Waals surface area contributed by atoms with Crippen molar-refractivity contribution in [1.29, 1.82) is 0 Å². The Morgan fingerprint density at radius 2 is 1.97 bits per heavy atom. The number of nitro benzene ring substituents is 1. The number of carbonyl (C=O) groups excluding carboxylic acids is 1. The summed E-state index contributed by atoms with van der Waals surface area (Å²) in [5.41, 5.74) is 0.528. The van der Waals surface area contributed by atoms with E-state index >= 15 is 0 Å². The fraction of sp³-hybridized carbons (Fsp3) is 0.550. The molecule has 1 heterocycles. The van der Waals surface area contributed by atoms with Crippen LogP contribution in [0.1, 0.15) is 51.3 Å². The van der Waals surface area contributed by atoms with E-state index in [4.69, 9.17) is 0 Å². The molecule has 0 unspecified atom stereocenters. The molecule has 0 spiro atoms. The number of aryl methyl sites for hydroxylation is 1. The molecule has 2 aromatic rings. The number of amides is 1. The number of benzene rings is 1. The van der Waals surface area contributed by atoms with Crippen LogP contribution in [0.3, 0.4) is 0 Å². The van der Waals surface area contributed by atoms with Crippen LogP contribution >= 0.6 is 11.8 Å². The molecule has 0 aliphatic heterocycles. The first kappa shape index (κ1) is 21.3. The zero-order valence-electron chi connectivity index (χ0n) is 16.7. The average molecular weight is 418 g/mol. The summed E-state index contributed by atoms with van der Waals surface area (Å²) in [5, 5.41) is 22.8. The quantitative estimate of drug-likeness (QED) is 0.367. The number of hydrogen-bond donors (Lipinski definition) is 1. The maximum atomic E-state index is 12.2. The molecule has 1 aliphatic carbocycles. The standard InChI is InChI=1S/C20H27N5O3S/c1-2-24-18(13-8-15-6-4-3-5-7-15)22-23-20(24)29-14-19(26)21-16-9-11-17(12-10-16)25(27)28/h9-12,15H,2-8,13-14H2,1H3,(H,21,26). The van der Waals surface area contributed by atoms with Crippen molar-refractivity contribution in [3.05, 3.63) is 40.2 Å². The smallest absolute Gasteiger partial charge is 0.269 e. The van der Waals surface area contributed by atoms with Gasteiger partial charge in [0.2, 0.25) is 5.91 Å². The molecule has 0 saturated heterocycles. The number of thioether (sulfide) groups is 1. The van der Waals surface area contributed by atoms with Gasteiger partial charge in [-0.1, -0.05) is 43.9 Å². The largest absolute Gasteiger partial charge is 0.325 e. The second-order valence-electron chi connectivity index (χ2n) is 7.33. The number of hydrogen-bond acceptors (Lipinski definition) is 6. The van der Waals surface area contributed by atoms with E-state index in [-0.39, 0.29) is 17.3 Å². The SMILES string of the molecule is CCn1c(CCC2CCCCC2)nnc1SCC(=O)Nc1ccc([N+](=O)[O-])cc1. The average Bonchev–Trinajstić information content (AvgIpc) is 3.13. The van der Waals surface area contributed by atoms with E-state index in [0.29, 0.717) is 5.69 Å². The van der Waals surface area contributed by atoms with Crippen LogP contribution in [0, 0.1) is 16.0 Å². The molecule has 1 aromatic heterocycles. The van der Waals surface area contributed by atoms with Crippen LogP contribution in [0.25, 0.3) is 0 Å². The summed E-state index contributed by atoms with van der Waals surface area (Å²) in [4.78, 5) is 22.4. The molecule has 1 aromatic carbocycles. The molecule has 1 amide bonds. The fourth-order valence-electron chi connectivity index (χ4n) is 3.73. The monoisotopic (exact) mass is 417 g/mol. The van der Waals surface area contributed by atoms with E-state index in [2.05, 4.69) is 27.0 Å². The summed E-state index contributed by atoms with van der Waals surface area (Å²) < 4.78 is 2.09. The maximum Gasteiger partial charge on any atom is 0.269 e. The van der Waals surface area contributed by atoms with Crippen LogP contribution in [-0.4, -0.2) is 31.3 Å². The first-order valence-corrected chi connectivity index (χ1v) is 11.1. The summed E-state index contributed by atoms with van der Waals surface area (Å²) in [7, 11) is 0. The second-order valence-corrected chi connectivity index (χ2v) is 8.27. The molecule has 1 fully saturated rings. The molecule has 29 heavy (non-hydrogen) atoms. The normalized spacial score (nSPS) is 14.7. The van der Waals surface area contributed by atoms with Crippen molar-refractivity contribution in [2.45, 2.75) is 63.6 Å². The lowest BCUT2D eigenvalue weighted by molar-refractivity contribution is -0.384. The molecule has 0 radical (unpaired) electrons. The Morgan fingerprint density at radius 3 is 2.62 bits per heavy atom. The van der Waals surface area contributed by atoms with Crippen LogP contribution in [0.4, 0.5) is 11.4 Å². The summed E-state index contributed by atoms with van der Waals surface area (Å²) in [6.07, 6.45) is 8.79. The Bertz CT molecular complexity index is 831. The van der Waals surface area contributed by atoms with Crippen molar-refractivity contribution in [3.63, 3.8) is 0 Å². The Labute approximate surface area is 174 Å². The van der Waals surface area contributed by atoms with E-state index in [1.807, 2.05) is 0 Å². The minimum Gasteiger partial charge on any atom is -0.325 e. The van der Waals surface area contributed by atoms with Gasteiger partial charge in [-0.25, -0.2) is 0 Å². The number of non-ortho nitro benzene ring substituents is 1. The first-order valence-electron chi connectivity index (χ1n) is 10.2. The van der Waals surface area contributed by atoms with Gasteiger partial charge >= 0.3 is 0 Å². The van der Waals surface area contributed by atoms with E-state index < -0.39 is 4.92 Å². The molecule has 8 nitrogen and oxygen atoms in total. The van der Waals surface area contributed by atoms with Gasteiger partial charge in [0.05, 0.1) is 10.7 Å². The zero-order chi connectivity index (χ0) is 20.6. The van der Waals surface area contributed by atoms with E-state index in [0.717, 1.165) is 36.3 Å². The molecule has 156 valence electrons. The van der Waals surface area contributed by atoms with Gasteiger partial charge in [0.25, 0.3) is 5.69 Å². The van der Waals surface area contributed by atoms with Gasteiger partial charge in [0.1, 0.15) is 5.82 Å². The highest BCUT2D eigenvalue weighted by atomic mass is 32.2. The predicted octanol–water partition coefficient (Wildman–Crippen LogP) is 4.45. The third-order valence-electron chi connectivity index (χ3n) is 5.30. The molecular formula is C20H27N5O3S. The summed E-state index contributed by atoms with van der Waals surface area (Å²) in [6.45, 7) is 2.84. The van der Waals surface area contributed by atoms with Crippen molar-refractivity contribution < 1.29 is 9.72 Å². The van der Waals surface area contributed by atoms with Gasteiger partial charge in [0, 0.05) is 30.8 Å². The van der Waals surface area contributed by atoms with Gasteiger partial charge in [0.15, 0.2) is 5.16 Å². The van der Waals surface area contributed by atoms with Crippen molar-refractivity contribution in [2.75, 3.05) is 11.1 Å². The lowest BCUT2D eigenvalue weighted by Gasteiger charge is -2.21. The number of rotatable bonds is 9. The molecule has 1 N–H and O–H groups in total.